The van der Waals surface area contributed by atoms with E-state index in [1.165, 1.54) is 0 Å². The van der Waals surface area contributed by atoms with Crippen LogP contribution in [0.3, 0.4) is 0 Å². The van der Waals surface area contributed by atoms with E-state index in [4.69, 9.17) is 5.26 Å². The van der Waals surface area contributed by atoms with Crippen molar-refractivity contribution >= 4 is 0 Å². The van der Waals surface area contributed by atoms with E-state index in [9.17, 15) is 0 Å². The maximum atomic E-state index is 8.47. The molecule has 0 aromatic carbocycles. The average Bonchev–Trinajstić information content (AvgIpc) is 2.33. The second kappa shape index (κ2) is 2.36. The van der Waals surface area contributed by atoms with E-state index in [-0.39, 0.29) is 0 Å². The van der Waals surface area contributed by atoms with Gasteiger partial charge in [0.15, 0.2) is 0 Å². The normalized spacial score (nSPS) is 8.89. The third-order valence-corrected chi connectivity index (χ3v) is 1.33. The fourth-order valence-electron chi connectivity index (χ4n) is 0.793. The number of aromatic nitrogens is 1. The van der Waals surface area contributed by atoms with Crippen molar-refractivity contribution in [2.75, 3.05) is 0 Å². The van der Waals surface area contributed by atoms with Crippen LogP contribution in [0.2, 0.25) is 0 Å². The molecule has 2 nitrogen and oxygen atoms in total. The van der Waals surface area contributed by atoms with Crippen molar-refractivity contribution < 1.29 is 0 Å². The zero-order valence-corrected chi connectivity index (χ0v) is 5.31. The molecule has 0 fully saturated rings. The summed E-state index contributed by atoms with van der Waals surface area (Å²) in [6.45, 7) is 2.03. The summed E-state index contributed by atoms with van der Waals surface area (Å²) < 4.78 is 0. The molecule has 0 atom stereocenters. The molecule has 0 unspecified atom stereocenters. The highest BCUT2D eigenvalue weighted by Gasteiger charge is 1.96. The maximum absolute atomic E-state index is 8.47. The van der Waals surface area contributed by atoms with Crippen LogP contribution >= 0.6 is 0 Å². The van der Waals surface area contributed by atoms with E-state index >= 15 is 0 Å². The fourth-order valence-corrected chi connectivity index (χ4v) is 0.793. The van der Waals surface area contributed by atoms with Crippen LogP contribution in [0.1, 0.15) is 18.1 Å². The predicted octanol–water partition coefficient (Wildman–Crippen LogP) is 1.45. The number of aromatic amines is 1. The van der Waals surface area contributed by atoms with Gasteiger partial charge < -0.3 is 4.98 Å². The number of rotatable bonds is 1. The highest BCUT2D eigenvalue weighted by Crippen LogP contribution is 2.05. The summed E-state index contributed by atoms with van der Waals surface area (Å²) in [4.78, 5) is 2.88. The summed E-state index contributed by atoms with van der Waals surface area (Å²) in [7, 11) is 0. The molecule has 1 aromatic heterocycles. The van der Waals surface area contributed by atoms with Gasteiger partial charge in [-0.3, -0.25) is 0 Å². The third-order valence-electron chi connectivity index (χ3n) is 1.33. The topological polar surface area (TPSA) is 39.6 Å². The van der Waals surface area contributed by atoms with E-state index in [1.807, 2.05) is 13.1 Å². The molecule has 0 aliphatic carbocycles. The number of nitriles is 1. The highest BCUT2D eigenvalue weighted by atomic mass is 14.6. The second-order valence-electron chi connectivity index (χ2n) is 1.86. The molecule has 0 aliphatic rings. The standard InChI is InChI=1S/C7H8N2/c1-2-6-4-9-5-7(6)3-8/h4-5,9H,2H2,1H3. The SMILES string of the molecule is CCc1c[nH]cc1C#N. The van der Waals surface area contributed by atoms with Crippen LogP contribution in [0.15, 0.2) is 12.4 Å². The Morgan fingerprint density at radius 3 is 2.89 bits per heavy atom. The van der Waals surface area contributed by atoms with Gasteiger partial charge in [0.05, 0.1) is 5.56 Å². The number of aryl methyl sites for hydroxylation is 1. The quantitative estimate of drug-likeness (QED) is 0.598. The van der Waals surface area contributed by atoms with Gasteiger partial charge in [0, 0.05) is 12.4 Å². The molecule has 1 N–H and O–H groups in total. The largest absolute Gasteiger partial charge is 0.366 e. The van der Waals surface area contributed by atoms with Crippen LogP contribution < -0.4 is 0 Å². The molecule has 0 saturated carbocycles. The Kier molecular flexibility index (Phi) is 1.55. The molecule has 9 heavy (non-hydrogen) atoms. The van der Waals surface area contributed by atoms with E-state index in [2.05, 4.69) is 11.1 Å². The van der Waals surface area contributed by atoms with Gasteiger partial charge in [-0.25, -0.2) is 0 Å². The predicted molar refractivity (Wildman–Crippen MR) is 34.9 cm³/mol. The lowest BCUT2D eigenvalue weighted by molar-refractivity contribution is 1.14. The minimum Gasteiger partial charge on any atom is -0.366 e. The van der Waals surface area contributed by atoms with E-state index in [0.717, 1.165) is 17.5 Å². The van der Waals surface area contributed by atoms with Crippen LogP contribution in [0, 0.1) is 11.3 Å². The monoisotopic (exact) mass is 120 g/mol. The summed E-state index contributed by atoms with van der Waals surface area (Å²) in [5, 5.41) is 8.47. The van der Waals surface area contributed by atoms with Crippen molar-refractivity contribution in [1.29, 1.82) is 5.26 Å². The van der Waals surface area contributed by atoms with Crippen molar-refractivity contribution in [2.45, 2.75) is 13.3 Å². The first-order valence-electron chi connectivity index (χ1n) is 2.94. The lowest BCUT2D eigenvalue weighted by Crippen LogP contribution is -1.77. The first-order chi connectivity index (χ1) is 4.38. The van der Waals surface area contributed by atoms with Crippen molar-refractivity contribution in [2.24, 2.45) is 0 Å². The van der Waals surface area contributed by atoms with Crippen molar-refractivity contribution in [1.82, 2.24) is 4.98 Å². The van der Waals surface area contributed by atoms with Crippen LogP contribution in [-0.4, -0.2) is 4.98 Å². The number of nitrogens with one attached hydrogen (secondary N) is 1. The van der Waals surface area contributed by atoms with Gasteiger partial charge >= 0.3 is 0 Å². The second-order valence-corrected chi connectivity index (χ2v) is 1.86. The lowest BCUT2D eigenvalue weighted by atomic mass is 10.2. The number of hydrogen-bond donors (Lipinski definition) is 1. The van der Waals surface area contributed by atoms with Gasteiger partial charge in [-0.2, -0.15) is 5.26 Å². The molecule has 0 bridgehead atoms. The zero-order valence-electron chi connectivity index (χ0n) is 5.31. The molecule has 0 saturated heterocycles. The zero-order chi connectivity index (χ0) is 6.69. The fraction of sp³-hybridized carbons (Fsp3) is 0.286. The Labute approximate surface area is 54.1 Å². The molecule has 2 heteroatoms. The van der Waals surface area contributed by atoms with E-state index in [1.54, 1.807) is 6.20 Å². The molecular formula is C7H8N2. The molecule has 0 spiro atoms. The maximum Gasteiger partial charge on any atom is 0.101 e. The van der Waals surface area contributed by atoms with Crippen LogP contribution in [0.5, 0.6) is 0 Å². The Morgan fingerprint density at radius 2 is 2.44 bits per heavy atom. The van der Waals surface area contributed by atoms with Crippen molar-refractivity contribution in [3.63, 3.8) is 0 Å². The molecular weight excluding hydrogens is 112 g/mol. The molecule has 1 rings (SSSR count). The number of hydrogen-bond acceptors (Lipinski definition) is 1. The molecule has 0 amide bonds. The molecule has 0 radical (unpaired) electrons. The first kappa shape index (κ1) is 5.90. The van der Waals surface area contributed by atoms with Crippen LogP contribution in [0.25, 0.3) is 0 Å². The molecule has 1 aromatic rings. The smallest absolute Gasteiger partial charge is 0.101 e. The Balaban J connectivity index is 3.02. The minimum absolute atomic E-state index is 0.762. The van der Waals surface area contributed by atoms with Crippen molar-refractivity contribution in [3.8, 4) is 6.07 Å². The van der Waals surface area contributed by atoms with Crippen LogP contribution in [-0.2, 0) is 6.42 Å². The average molecular weight is 120 g/mol. The third kappa shape index (κ3) is 0.945. The van der Waals surface area contributed by atoms with E-state index < -0.39 is 0 Å². The van der Waals surface area contributed by atoms with Gasteiger partial charge in [0.2, 0.25) is 0 Å². The summed E-state index contributed by atoms with van der Waals surface area (Å²) in [5.41, 5.74) is 1.86. The van der Waals surface area contributed by atoms with Gasteiger partial charge in [-0.05, 0) is 12.0 Å². The number of nitrogens with zero attached hydrogens (tertiary/aromatic N) is 1. The summed E-state index contributed by atoms with van der Waals surface area (Å²) in [6.07, 6.45) is 4.50. The van der Waals surface area contributed by atoms with Gasteiger partial charge in [0.1, 0.15) is 6.07 Å². The summed E-state index contributed by atoms with van der Waals surface area (Å²) >= 11 is 0. The first-order valence-corrected chi connectivity index (χ1v) is 2.94. The van der Waals surface area contributed by atoms with Gasteiger partial charge in [-0.1, -0.05) is 6.92 Å². The van der Waals surface area contributed by atoms with Gasteiger partial charge in [0.25, 0.3) is 0 Å². The summed E-state index contributed by atoms with van der Waals surface area (Å²) in [6, 6.07) is 2.10. The van der Waals surface area contributed by atoms with Crippen LogP contribution in [0.4, 0.5) is 0 Å². The highest BCUT2D eigenvalue weighted by molar-refractivity contribution is 5.34. The molecule has 1 heterocycles. The van der Waals surface area contributed by atoms with Gasteiger partial charge in [-0.15, -0.1) is 0 Å². The summed E-state index contributed by atoms with van der Waals surface area (Å²) in [5.74, 6) is 0. The Morgan fingerprint density at radius 1 is 1.67 bits per heavy atom. The molecule has 0 aliphatic heterocycles. The van der Waals surface area contributed by atoms with E-state index in [0.29, 0.717) is 0 Å². The van der Waals surface area contributed by atoms with Crippen molar-refractivity contribution in [3.05, 3.63) is 23.5 Å². The Bertz CT molecular complexity index is 229. The molecule has 46 valence electrons. The minimum atomic E-state index is 0.762. The lowest BCUT2D eigenvalue weighted by Gasteiger charge is -1.85. The Hall–Kier alpha value is -1.23. The number of H-pyrrole nitrogens is 1.